The van der Waals surface area contributed by atoms with Gasteiger partial charge >= 0.3 is 0 Å². The van der Waals surface area contributed by atoms with Crippen LogP contribution in [0.15, 0.2) is 29.6 Å². The third kappa shape index (κ3) is 3.35. The molecule has 24 heavy (non-hydrogen) atoms. The molecule has 0 saturated carbocycles. The number of hydrogen-bond acceptors (Lipinski definition) is 3. The zero-order valence-corrected chi connectivity index (χ0v) is 14.5. The van der Waals surface area contributed by atoms with E-state index in [1.165, 1.54) is 16.5 Å². The summed E-state index contributed by atoms with van der Waals surface area (Å²) < 4.78 is 26.5. The highest BCUT2D eigenvalue weighted by Gasteiger charge is 2.29. The molecule has 0 spiro atoms. The summed E-state index contributed by atoms with van der Waals surface area (Å²) in [7, 11) is 0. The molecule has 2 heterocycles. The fraction of sp³-hybridized carbons (Fsp3) is 0.389. The molecule has 128 valence electrons. The zero-order chi connectivity index (χ0) is 17.3. The standard InChI is InChI=1S/C18H20F2N2OS/c1-11-9-13-5-8-24-17(13)12(2)22(11)7-6-21-18(23)15-4-3-14(19)10-16(15)20/h3-5,8,10-12H,6-7,9H2,1-2H3,(H,21,23). The van der Waals surface area contributed by atoms with Gasteiger partial charge in [0.25, 0.3) is 5.91 Å². The van der Waals surface area contributed by atoms with E-state index in [-0.39, 0.29) is 5.56 Å². The second kappa shape index (κ2) is 6.99. The first kappa shape index (κ1) is 17.0. The van der Waals surface area contributed by atoms with Gasteiger partial charge in [0, 0.05) is 36.1 Å². The first-order valence-corrected chi connectivity index (χ1v) is 8.90. The molecule has 0 radical (unpaired) electrons. The second-order valence-electron chi connectivity index (χ2n) is 6.16. The molecule has 0 bridgehead atoms. The Morgan fingerprint density at radius 1 is 1.33 bits per heavy atom. The van der Waals surface area contributed by atoms with Crippen molar-refractivity contribution < 1.29 is 13.6 Å². The molecule has 2 atom stereocenters. The van der Waals surface area contributed by atoms with Gasteiger partial charge in [-0.1, -0.05) is 0 Å². The maximum absolute atomic E-state index is 13.6. The minimum Gasteiger partial charge on any atom is -0.351 e. The minimum atomic E-state index is -0.838. The van der Waals surface area contributed by atoms with Crippen LogP contribution in [0.5, 0.6) is 0 Å². The van der Waals surface area contributed by atoms with E-state index in [1.54, 1.807) is 11.3 Å². The third-order valence-corrected chi connectivity index (χ3v) is 5.70. The summed E-state index contributed by atoms with van der Waals surface area (Å²) in [5.41, 5.74) is 1.28. The molecule has 3 rings (SSSR count). The Labute approximate surface area is 144 Å². The van der Waals surface area contributed by atoms with E-state index in [1.807, 2.05) is 0 Å². The molecule has 1 amide bonds. The van der Waals surface area contributed by atoms with Crippen LogP contribution in [-0.2, 0) is 6.42 Å². The molecular weight excluding hydrogens is 330 g/mol. The van der Waals surface area contributed by atoms with Crippen LogP contribution in [-0.4, -0.2) is 29.9 Å². The van der Waals surface area contributed by atoms with Crippen LogP contribution in [0.2, 0.25) is 0 Å². The highest BCUT2D eigenvalue weighted by Crippen LogP contribution is 2.35. The maximum atomic E-state index is 13.6. The monoisotopic (exact) mass is 350 g/mol. The van der Waals surface area contributed by atoms with Crippen molar-refractivity contribution in [1.82, 2.24) is 10.2 Å². The number of hydrogen-bond donors (Lipinski definition) is 1. The molecule has 6 heteroatoms. The summed E-state index contributed by atoms with van der Waals surface area (Å²) in [5.74, 6) is -2.04. The smallest absolute Gasteiger partial charge is 0.254 e. The van der Waals surface area contributed by atoms with Gasteiger partial charge in [0.2, 0.25) is 0 Å². The lowest BCUT2D eigenvalue weighted by Crippen LogP contribution is -2.44. The van der Waals surface area contributed by atoms with Gasteiger partial charge in [-0.05, 0) is 49.4 Å². The van der Waals surface area contributed by atoms with Crippen LogP contribution in [0.4, 0.5) is 8.78 Å². The normalized spacial score (nSPS) is 20.7. The number of carbonyl (C=O) groups is 1. The van der Waals surface area contributed by atoms with Crippen LogP contribution in [0, 0.1) is 11.6 Å². The molecule has 1 aliphatic rings. The van der Waals surface area contributed by atoms with E-state index in [9.17, 15) is 13.6 Å². The lowest BCUT2D eigenvalue weighted by Gasteiger charge is -2.38. The molecule has 0 fully saturated rings. The van der Waals surface area contributed by atoms with Crippen molar-refractivity contribution in [3.63, 3.8) is 0 Å². The number of benzene rings is 1. The first-order valence-electron chi connectivity index (χ1n) is 8.02. The van der Waals surface area contributed by atoms with E-state index >= 15 is 0 Å². The number of nitrogens with zero attached hydrogens (tertiary/aromatic N) is 1. The van der Waals surface area contributed by atoms with E-state index in [2.05, 4.69) is 35.5 Å². The van der Waals surface area contributed by atoms with Crippen molar-refractivity contribution in [1.29, 1.82) is 0 Å². The summed E-state index contributed by atoms with van der Waals surface area (Å²) >= 11 is 1.77. The highest BCUT2D eigenvalue weighted by molar-refractivity contribution is 7.10. The second-order valence-corrected chi connectivity index (χ2v) is 7.10. The van der Waals surface area contributed by atoms with Gasteiger partial charge in [0.05, 0.1) is 5.56 Å². The molecule has 0 saturated heterocycles. The van der Waals surface area contributed by atoms with Crippen molar-refractivity contribution in [2.45, 2.75) is 32.4 Å². The number of thiophene rings is 1. The van der Waals surface area contributed by atoms with Gasteiger partial charge in [-0.2, -0.15) is 0 Å². The Morgan fingerprint density at radius 3 is 2.88 bits per heavy atom. The molecule has 1 aromatic carbocycles. The SMILES string of the molecule is CC1Cc2ccsc2C(C)N1CCNC(=O)c1ccc(F)cc1F. The Morgan fingerprint density at radius 2 is 2.12 bits per heavy atom. The van der Waals surface area contributed by atoms with E-state index in [0.717, 1.165) is 18.6 Å². The lowest BCUT2D eigenvalue weighted by atomic mass is 9.97. The maximum Gasteiger partial charge on any atom is 0.254 e. The summed E-state index contributed by atoms with van der Waals surface area (Å²) in [4.78, 5) is 15.8. The van der Waals surface area contributed by atoms with Gasteiger partial charge in [0.1, 0.15) is 11.6 Å². The molecule has 2 aromatic rings. The molecule has 1 N–H and O–H groups in total. The number of rotatable bonds is 4. The summed E-state index contributed by atoms with van der Waals surface area (Å²) in [6.45, 7) is 5.46. The fourth-order valence-corrected chi connectivity index (χ4v) is 4.35. The van der Waals surface area contributed by atoms with Gasteiger partial charge in [-0.25, -0.2) is 8.78 Å². The Kier molecular flexibility index (Phi) is 4.96. The molecule has 3 nitrogen and oxygen atoms in total. The fourth-order valence-electron chi connectivity index (χ4n) is 3.33. The number of amides is 1. The van der Waals surface area contributed by atoms with Gasteiger partial charge in [-0.15, -0.1) is 11.3 Å². The zero-order valence-electron chi connectivity index (χ0n) is 13.7. The molecule has 2 unspecified atom stereocenters. The van der Waals surface area contributed by atoms with E-state index in [0.29, 0.717) is 25.2 Å². The van der Waals surface area contributed by atoms with Crippen molar-refractivity contribution in [2.24, 2.45) is 0 Å². The van der Waals surface area contributed by atoms with Crippen molar-refractivity contribution in [3.8, 4) is 0 Å². The summed E-state index contributed by atoms with van der Waals surface area (Å²) in [5, 5.41) is 4.85. The number of nitrogens with one attached hydrogen (secondary N) is 1. The Balaban J connectivity index is 1.59. The number of halogens is 2. The molecular formula is C18H20F2N2OS. The average Bonchev–Trinajstić information content (AvgIpc) is 2.98. The Hall–Kier alpha value is -1.79. The average molecular weight is 350 g/mol. The van der Waals surface area contributed by atoms with Crippen molar-refractivity contribution in [3.05, 3.63) is 57.3 Å². The topological polar surface area (TPSA) is 32.3 Å². The Bertz CT molecular complexity index is 746. The van der Waals surface area contributed by atoms with Crippen LogP contribution < -0.4 is 5.32 Å². The number of carbonyl (C=O) groups excluding carboxylic acids is 1. The quantitative estimate of drug-likeness (QED) is 0.910. The minimum absolute atomic E-state index is 0.128. The van der Waals surface area contributed by atoms with Crippen molar-refractivity contribution in [2.75, 3.05) is 13.1 Å². The van der Waals surface area contributed by atoms with Gasteiger partial charge < -0.3 is 5.32 Å². The van der Waals surface area contributed by atoms with Crippen LogP contribution in [0.3, 0.4) is 0 Å². The molecule has 1 aromatic heterocycles. The first-order chi connectivity index (χ1) is 11.5. The van der Waals surface area contributed by atoms with Crippen LogP contribution >= 0.6 is 11.3 Å². The third-order valence-electron chi connectivity index (χ3n) is 4.57. The predicted molar refractivity (Wildman–Crippen MR) is 91.3 cm³/mol. The lowest BCUT2D eigenvalue weighted by molar-refractivity contribution is 0.0926. The van der Waals surface area contributed by atoms with E-state index in [4.69, 9.17) is 0 Å². The van der Waals surface area contributed by atoms with Crippen LogP contribution in [0.25, 0.3) is 0 Å². The summed E-state index contributed by atoms with van der Waals surface area (Å²) in [6, 6.07) is 5.87. The molecule has 0 aliphatic carbocycles. The van der Waals surface area contributed by atoms with Gasteiger partial charge in [0.15, 0.2) is 0 Å². The van der Waals surface area contributed by atoms with Gasteiger partial charge in [-0.3, -0.25) is 9.69 Å². The van der Waals surface area contributed by atoms with E-state index < -0.39 is 17.5 Å². The highest BCUT2D eigenvalue weighted by atomic mass is 32.1. The molecule has 1 aliphatic heterocycles. The number of fused-ring (bicyclic) bond motifs is 1. The van der Waals surface area contributed by atoms with Crippen LogP contribution in [0.1, 0.15) is 40.7 Å². The van der Waals surface area contributed by atoms with Crippen molar-refractivity contribution >= 4 is 17.2 Å². The largest absolute Gasteiger partial charge is 0.351 e. The predicted octanol–water partition coefficient (Wildman–Crippen LogP) is 3.76. The summed E-state index contributed by atoms with van der Waals surface area (Å²) in [6.07, 6.45) is 1.00.